The van der Waals surface area contributed by atoms with E-state index < -0.39 is 10.0 Å². The Hall–Kier alpha value is -2.21. The maximum atomic E-state index is 13.1. The molecule has 2 aromatic carbocycles. The summed E-state index contributed by atoms with van der Waals surface area (Å²) in [5.41, 5.74) is 1.65. The number of benzene rings is 2. The van der Waals surface area contributed by atoms with Crippen LogP contribution in [0.4, 0.5) is 11.4 Å². The summed E-state index contributed by atoms with van der Waals surface area (Å²) in [7, 11) is -0.112. The zero-order valence-electron chi connectivity index (χ0n) is 13.3. The fraction of sp³-hybridized carbons (Fsp3) is 0.294. The van der Waals surface area contributed by atoms with Crippen LogP contribution in [-0.2, 0) is 10.0 Å². The van der Waals surface area contributed by atoms with Crippen LogP contribution in [0.5, 0.6) is 5.75 Å². The van der Waals surface area contributed by atoms with E-state index in [0.29, 0.717) is 12.3 Å². The third kappa shape index (κ3) is 2.86. The predicted molar refractivity (Wildman–Crippen MR) is 91.9 cm³/mol. The average Bonchev–Trinajstić information content (AvgIpc) is 2.75. The van der Waals surface area contributed by atoms with E-state index in [1.165, 1.54) is 11.4 Å². The summed E-state index contributed by atoms with van der Waals surface area (Å²) in [6, 6.07) is 14.2. The molecule has 0 aromatic heterocycles. The molecule has 6 heteroatoms. The van der Waals surface area contributed by atoms with Gasteiger partial charge in [-0.2, -0.15) is 0 Å². The van der Waals surface area contributed by atoms with Gasteiger partial charge >= 0.3 is 0 Å². The van der Waals surface area contributed by atoms with Crippen molar-refractivity contribution < 1.29 is 13.2 Å². The topological polar surface area (TPSA) is 49.9 Å². The summed E-state index contributed by atoms with van der Waals surface area (Å²) < 4.78 is 32.9. The van der Waals surface area contributed by atoms with Gasteiger partial charge in [0.2, 0.25) is 0 Å². The molecule has 0 saturated heterocycles. The molecule has 2 aromatic rings. The molecule has 0 aliphatic carbocycles. The van der Waals surface area contributed by atoms with Crippen LogP contribution >= 0.6 is 0 Å². The van der Waals surface area contributed by atoms with E-state index in [1.807, 2.05) is 31.3 Å². The molecule has 5 nitrogen and oxygen atoms in total. The SMILES string of the molecule is COc1cccc(S(=O)(=O)N2CCCN(C)c3ccccc32)c1. The summed E-state index contributed by atoms with van der Waals surface area (Å²) in [6.07, 6.45) is 0.772. The molecule has 0 bridgehead atoms. The number of para-hydroxylation sites is 2. The normalized spacial score (nSPS) is 15.0. The standard InChI is InChI=1S/C17H20N2O3S/c1-18-11-6-12-19(17-10-4-3-9-16(17)18)23(20,21)15-8-5-7-14(13-15)22-2/h3-5,7-10,13H,6,11-12H2,1-2H3. The van der Waals surface area contributed by atoms with Gasteiger partial charge in [0.15, 0.2) is 0 Å². The van der Waals surface area contributed by atoms with Crippen LogP contribution in [0.1, 0.15) is 6.42 Å². The largest absolute Gasteiger partial charge is 0.497 e. The molecule has 23 heavy (non-hydrogen) atoms. The van der Waals surface area contributed by atoms with Gasteiger partial charge in [-0.25, -0.2) is 8.42 Å². The van der Waals surface area contributed by atoms with Crippen molar-refractivity contribution in [1.29, 1.82) is 0 Å². The number of methoxy groups -OCH3 is 1. The van der Waals surface area contributed by atoms with Crippen molar-refractivity contribution in [3.63, 3.8) is 0 Å². The van der Waals surface area contributed by atoms with E-state index in [-0.39, 0.29) is 4.90 Å². The maximum Gasteiger partial charge on any atom is 0.264 e. The highest BCUT2D eigenvalue weighted by atomic mass is 32.2. The van der Waals surface area contributed by atoms with Gasteiger partial charge in [-0.3, -0.25) is 4.31 Å². The third-order valence-electron chi connectivity index (χ3n) is 4.05. The molecule has 0 N–H and O–H groups in total. The molecule has 0 atom stereocenters. The van der Waals surface area contributed by atoms with Crippen LogP contribution in [0, 0.1) is 0 Å². The molecule has 0 fully saturated rings. The van der Waals surface area contributed by atoms with Crippen molar-refractivity contribution in [2.45, 2.75) is 11.3 Å². The highest BCUT2D eigenvalue weighted by Gasteiger charge is 2.29. The fourth-order valence-corrected chi connectivity index (χ4v) is 4.38. The molecule has 0 spiro atoms. The summed E-state index contributed by atoms with van der Waals surface area (Å²) in [5, 5.41) is 0. The molecule has 3 rings (SSSR count). The minimum atomic E-state index is -3.63. The number of anilines is 2. The minimum Gasteiger partial charge on any atom is -0.497 e. The first-order valence-electron chi connectivity index (χ1n) is 7.51. The number of fused-ring (bicyclic) bond motifs is 1. The highest BCUT2D eigenvalue weighted by molar-refractivity contribution is 7.92. The van der Waals surface area contributed by atoms with Crippen LogP contribution < -0.4 is 13.9 Å². The second kappa shape index (κ2) is 6.12. The van der Waals surface area contributed by atoms with Gasteiger partial charge in [0.25, 0.3) is 10.0 Å². The molecule has 122 valence electrons. The number of rotatable bonds is 3. The summed E-state index contributed by atoms with van der Waals surface area (Å²) in [5.74, 6) is 0.534. The van der Waals surface area contributed by atoms with Gasteiger partial charge in [0, 0.05) is 26.2 Å². The van der Waals surface area contributed by atoms with Crippen LogP contribution in [0.25, 0.3) is 0 Å². The van der Waals surface area contributed by atoms with Gasteiger partial charge in [-0.05, 0) is 30.7 Å². The number of nitrogens with zero attached hydrogens (tertiary/aromatic N) is 2. The summed E-state index contributed by atoms with van der Waals surface area (Å²) in [4.78, 5) is 2.34. The number of ether oxygens (including phenoxy) is 1. The van der Waals surface area contributed by atoms with E-state index in [4.69, 9.17) is 4.74 Å². The van der Waals surface area contributed by atoms with Crippen molar-refractivity contribution in [2.24, 2.45) is 0 Å². The lowest BCUT2D eigenvalue weighted by atomic mass is 10.2. The second-order valence-corrected chi connectivity index (χ2v) is 7.38. The Bertz CT molecular complexity index is 805. The van der Waals surface area contributed by atoms with Crippen LogP contribution in [0.2, 0.25) is 0 Å². The quantitative estimate of drug-likeness (QED) is 0.867. The summed E-state index contributed by atoms with van der Waals surface area (Å²) >= 11 is 0. The molecule has 1 aliphatic rings. The Balaban J connectivity index is 2.10. The Labute approximate surface area is 137 Å². The highest BCUT2D eigenvalue weighted by Crippen LogP contribution is 2.35. The van der Waals surface area contributed by atoms with Crippen molar-refractivity contribution >= 4 is 21.4 Å². The molecule has 0 saturated carbocycles. The fourth-order valence-electron chi connectivity index (χ4n) is 2.83. The average molecular weight is 332 g/mol. The van der Waals surface area contributed by atoms with Crippen molar-refractivity contribution in [3.8, 4) is 5.75 Å². The Morgan fingerprint density at radius 2 is 1.74 bits per heavy atom. The van der Waals surface area contributed by atoms with Crippen LogP contribution in [-0.4, -0.2) is 35.7 Å². The Morgan fingerprint density at radius 1 is 1.00 bits per heavy atom. The number of hydrogen-bond acceptors (Lipinski definition) is 4. The lowest BCUT2D eigenvalue weighted by molar-refractivity contribution is 0.413. The monoisotopic (exact) mass is 332 g/mol. The van der Waals surface area contributed by atoms with E-state index in [0.717, 1.165) is 24.3 Å². The molecule has 0 amide bonds. The van der Waals surface area contributed by atoms with Gasteiger partial charge < -0.3 is 9.64 Å². The summed E-state index contributed by atoms with van der Waals surface area (Å²) in [6.45, 7) is 1.28. The second-order valence-electron chi connectivity index (χ2n) is 5.52. The minimum absolute atomic E-state index is 0.246. The number of sulfonamides is 1. The zero-order valence-corrected chi connectivity index (χ0v) is 14.1. The number of hydrogen-bond donors (Lipinski definition) is 0. The van der Waals surface area contributed by atoms with Gasteiger partial charge in [0.05, 0.1) is 23.4 Å². The lowest BCUT2D eigenvalue weighted by Crippen LogP contribution is -2.31. The van der Waals surface area contributed by atoms with E-state index >= 15 is 0 Å². The van der Waals surface area contributed by atoms with Crippen LogP contribution in [0.15, 0.2) is 53.4 Å². The molecule has 0 radical (unpaired) electrons. The van der Waals surface area contributed by atoms with Gasteiger partial charge in [0.1, 0.15) is 5.75 Å². The van der Waals surface area contributed by atoms with E-state index in [2.05, 4.69) is 4.90 Å². The predicted octanol–water partition coefficient (Wildman–Crippen LogP) is 2.73. The first-order chi connectivity index (χ1) is 11.0. The third-order valence-corrected chi connectivity index (χ3v) is 5.85. The zero-order chi connectivity index (χ0) is 16.4. The first kappa shape index (κ1) is 15.7. The molecule has 1 heterocycles. The molecular formula is C17H20N2O3S. The van der Waals surface area contributed by atoms with Gasteiger partial charge in [-0.15, -0.1) is 0 Å². The van der Waals surface area contributed by atoms with E-state index in [9.17, 15) is 8.42 Å². The first-order valence-corrected chi connectivity index (χ1v) is 8.95. The van der Waals surface area contributed by atoms with Gasteiger partial charge in [-0.1, -0.05) is 18.2 Å². The van der Waals surface area contributed by atoms with Crippen molar-refractivity contribution in [1.82, 2.24) is 0 Å². The lowest BCUT2D eigenvalue weighted by Gasteiger charge is -2.25. The van der Waals surface area contributed by atoms with Crippen molar-refractivity contribution in [2.75, 3.05) is 36.5 Å². The smallest absolute Gasteiger partial charge is 0.264 e. The Morgan fingerprint density at radius 3 is 2.48 bits per heavy atom. The Kier molecular flexibility index (Phi) is 4.17. The van der Waals surface area contributed by atoms with Crippen molar-refractivity contribution in [3.05, 3.63) is 48.5 Å². The maximum absolute atomic E-state index is 13.1. The molecule has 1 aliphatic heterocycles. The molecular weight excluding hydrogens is 312 g/mol. The van der Waals surface area contributed by atoms with E-state index in [1.54, 1.807) is 24.3 Å². The molecule has 0 unspecified atom stereocenters. The van der Waals surface area contributed by atoms with Crippen LogP contribution in [0.3, 0.4) is 0 Å².